The molecule has 0 aliphatic heterocycles. The number of allylic oxidation sites excluding steroid dienone is 3. The standard InChI is InChI=1S/C25H40OSi2/c1-17-18(2)22-24(3,4)23(26-28(9,10)11)19-14-12-13-15-20(19)25(22,5)16-21(17)27(6,7)8/h12-15,22-23H,2,16H2,1,3-11H3/t22-,23+,25-/m1/s1. The summed E-state index contributed by atoms with van der Waals surface area (Å²) in [6, 6.07) is 9.10. The van der Waals surface area contributed by atoms with Crippen molar-refractivity contribution < 1.29 is 4.43 Å². The van der Waals surface area contributed by atoms with E-state index in [0.29, 0.717) is 5.92 Å². The highest BCUT2D eigenvalue weighted by Crippen LogP contribution is 2.64. The molecule has 154 valence electrons. The zero-order chi connectivity index (χ0) is 21.3. The second kappa shape index (κ2) is 6.55. The Morgan fingerprint density at radius 3 is 2.11 bits per heavy atom. The minimum Gasteiger partial charge on any atom is -0.410 e. The van der Waals surface area contributed by atoms with Gasteiger partial charge in [-0.25, -0.2) is 0 Å². The van der Waals surface area contributed by atoms with Crippen LogP contribution in [0.25, 0.3) is 0 Å². The molecule has 0 aromatic heterocycles. The molecule has 0 radical (unpaired) electrons. The third kappa shape index (κ3) is 3.33. The Balaban J connectivity index is 2.29. The number of hydrogen-bond acceptors (Lipinski definition) is 1. The van der Waals surface area contributed by atoms with Crippen LogP contribution in [0.2, 0.25) is 39.3 Å². The van der Waals surface area contributed by atoms with E-state index in [4.69, 9.17) is 11.0 Å². The lowest BCUT2D eigenvalue weighted by Crippen LogP contribution is -2.55. The normalized spacial score (nSPS) is 30.1. The molecule has 3 heteroatoms. The topological polar surface area (TPSA) is 9.23 Å². The smallest absolute Gasteiger partial charge is 0.184 e. The summed E-state index contributed by atoms with van der Waals surface area (Å²) < 4.78 is 6.88. The van der Waals surface area contributed by atoms with E-state index in [2.05, 4.69) is 91.2 Å². The summed E-state index contributed by atoms with van der Waals surface area (Å²) in [6.07, 6.45) is 1.30. The zero-order valence-corrected chi connectivity index (χ0v) is 21.8. The van der Waals surface area contributed by atoms with E-state index in [9.17, 15) is 0 Å². The molecule has 1 aromatic carbocycles. The van der Waals surface area contributed by atoms with Crippen LogP contribution in [0.15, 0.2) is 47.2 Å². The molecular weight excluding hydrogens is 372 g/mol. The highest BCUT2D eigenvalue weighted by molar-refractivity contribution is 6.83. The van der Waals surface area contributed by atoms with Gasteiger partial charge in [0.1, 0.15) is 0 Å². The van der Waals surface area contributed by atoms with Crippen LogP contribution in [0.5, 0.6) is 0 Å². The van der Waals surface area contributed by atoms with Gasteiger partial charge in [-0.2, -0.15) is 0 Å². The first-order valence-corrected chi connectivity index (χ1v) is 17.7. The third-order valence-corrected chi connectivity index (χ3v) is 10.4. The Morgan fingerprint density at radius 2 is 1.57 bits per heavy atom. The Hall–Kier alpha value is -0.906. The quantitative estimate of drug-likeness (QED) is 0.463. The van der Waals surface area contributed by atoms with Crippen LogP contribution >= 0.6 is 0 Å². The fraction of sp³-hybridized carbons (Fsp3) is 0.600. The highest BCUT2D eigenvalue weighted by atomic mass is 28.4. The number of hydrogen-bond donors (Lipinski definition) is 0. The molecule has 0 N–H and O–H groups in total. The minimum atomic E-state index is -1.70. The van der Waals surface area contributed by atoms with Gasteiger partial charge in [-0.1, -0.05) is 82.0 Å². The fourth-order valence-corrected chi connectivity index (χ4v) is 9.43. The van der Waals surface area contributed by atoms with Crippen molar-refractivity contribution in [3.8, 4) is 0 Å². The molecule has 0 bridgehead atoms. The van der Waals surface area contributed by atoms with Gasteiger partial charge in [0, 0.05) is 16.7 Å². The van der Waals surface area contributed by atoms with Gasteiger partial charge < -0.3 is 4.43 Å². The highest BCUT2D eigenvalue weighted by Gasteiger charge is 2.58. The third-order valence-electron chi connectivity index (χ3n) is 7.12. The van der Waals surface area contributed by atoms with E-state index in [1.165, 1.54) is 28.7 Å². The van der Waals surface area contributed by atoms with Gasteiger partial charge in [0.15, 0.2) is 8.32 Å². The Kier molecular flexibility index (Phi) is 5.10. The molecule has 0 saturated carbocycles. The van der Waals surface area contributed by atoms with Crippen LogP contribution in [0.3, 0.4) is 0 Å². The monoisotopic (exact) mass is 412 g/mol. The van der Waals surface area contributed by atoms with E-state index in [-0.39, 0.29) is 16.9 Å². The SMILES string of the molecule is C=C1C(C)=C([Si](C)(C)C)C[C@]2(C)c3ccccc3[C@H](O[Si](C)(C)C)C(C)(C)[C@@H]12. The lowest BCUT2D eigenvalue weighted by atomic mass is 9.48. The van der Waals surface area contributed by atoms with Crippen LogP contribution in [0.4, 0.5) is 0 Å². The largest absolute Gasteiger partial charge is 0.410 e. The molecule has 2 aliphatic rings. The van der Waals surface area contributed by atoms with Gasteiger partial charge in [-0.05, 0) is 49.7 Å². The van der Waals surface area contributed by atoms with Crippen LogP contribution < -0.4 is 0 Å². The fourth-order valence-electron chi connectivity index (χ4n) is 6.11. The Morgan fingerprint density at radius 1 is 1.00 bits per heavy atom. The average molecular weight is 413 g/mol. The van der Waals surface area contributed by atoms with Crippen molar-refractivity contribution in [3.05, 3.63) is 58.3 Å². The molecule has 0 fully saturated rings. The lowest BCUT2D eigenvalue weighted by molar-refractivity contribution is -0.0161. The second-order valence-corrected chi connectivity index (χ2v) is 21.5. The molecule has 1 aromatic rings. The number of rotatable bonds is 3. The summed E-state index contributed by atoms with van der Waals surface area (Å²) in [6.45, 7) is 28.8. The lowest BCUT2D eigenvalue weighted by Gasteiger charge is -2.60. The van der Waals surface area contributed by atoms with Gasteiger partial charge >= 0.3 is 0 Å². The van der Waals surface area contributed by atoms with Crippen molar-refractivity contribution in [1.82, 2.24) is 0 Å². The number of fused-ring (bicyclic) bond motifs is 3. The molecule has 0 heterocycles. The molecule has 2 aliphatic carbocycles. The van der Waals surface area contributed by atoms with Gasteiger partial charge in [-0.15, -0.1) is 0 Å². The van der Waals surface area contributed by atoms with E-state index >= 15 is 0 Å². The Labute approximate surface area is 175 Å². The van der Waals surface area contributed by atoms with Crippen LogP contribution in [0.1, 0.15) is 51.3 Å². The Bertz CT molecular complexity index is 835. The summed E-state index contributed by atoms with van der Waals surface area (Å²) in [5.41, 5.74) is 5.84. The summed E-state index contributed by atoms with van der Waals surface area (Å²) in [5.74, 6) is 0.399. The average Bonchev–Trinajstić information content (AvgIpc) is 2.53. The van der Waals surface area contributed by atoms with Crippen molar-refractivity contribution in [3.63, 3.8) is 0 Å². The first kappa shape index (κ1) is 21.8. The maximum Gasteiger partial charge on any atom is 0.184 e. The molecule has 1 nitrogen and oxygen atoms in total. The van der Waals surface area contributed by atoms with Crippen molar-refractivity contribution in [2.24, 2.45) is 11.3 Å². The first-order valence-electron chi connectivity index (χ1n) is 10.8. The summed E-state index contributed by atoms with van der Waals surface area (Å²) in [5, 5.41) is 1.70. The van der Waals surface area contributed by atoms with Gasteiger partial charge in [0.05, 0.1) is 14.2 Å². The predicted molar refractivity (Wildman–Crippen MR) is 128 cm³/mol. The van der Waals surface area contributed by atoms with Crippen molar-refractivity contribution in [2.75, 3.05) is 0 Å². The molecule has 3 atom stereocenters. The molecular formula is C25H40OSi2. The predicted octanol–water partition coefficient (Wildman–Crippen LogP) is 7.65. The van der Waals surface area contributed by atoms with Crippen molar-refractivity contribution >= 4 is 16.4 Å². The van der Waals surface area contributed by atoms with Crippen molar-refractivity contribution in [1.29, 1.82) is 0 Å². The maximum atomic E-state index is 6.88. The molecule has 0 saturated heterocycles. The van der Waals surface area contributed by atoms with Gasteiger partial charge in [0.2, 0.25) is 0 Å². The molecule has 0 spiro atoms. The number of benzene rings is 1. The first-order chi connectivity index (χ1) is 12.6. The van der Waals surface area contributed by atoms with Gasteiger partial charge in [-0.3, -0.25) is 0 Å². The van der Waals surface area contributed by atoms with E-state index in [1.54, 1.807) is 5.20 Å². The maximum absolute atomic E-state index is 6.88. The zero-order valence-electron chi connectivity index (χ0n) is 19.8. The van der Waals surface area contributed by atoms with E-state index in [1.807, 2.05) is 0 Å². The summed E-state index contributed by atoms with van der Waals surface area (Å²) in [4.78, 5) is 0. The summed E-state index contributed by atoms with van der Waals surface area (Å²) >= 11 is 0. The van der Waals surface area contributed by atoms with Crippen LogP contribution in [-0.4, -0.2) is 16.4 Å². The molecule has 0 unspecified atom stereocenters. The van der Waals surface area contributed by atoms with Gasteiger partial charge in [0.25, 0.3) is 0 Å². The second-order valence-electron chi connectivity index (χ2n) is 11.9. The molecule has 0 amide bonds. The van der Waals surface area contributed by atoms with Crippen LogP contribution in [0, 0.1) is 11.3 Å². The molecule has 3 rings (SSSR count). The molecule has 28 heavy (non-hydrogen) atoms. The van der Waals surface area contributed by atoms with Crippen molar-refractivity contribution in [2.45, 2.75) is 84.9 Å². The van der Waals surface area contributed by atoms with E-state index < -0.39 is 16.4 Å². The summed E-state index contributed by atoms with van der Waals surface area (Å²) in [7, 11) is -3.11. The minimum absolute atomic E-state index is 0.00664. The van der Waals surface area contributed by atoms with E-state index in [0.717, 1.165) is 0 Å². The van der Waals surface area contributed by atoms with Crippen LogP contribution in [-0.2, 0) is 9.84 Å².